The fourth-order valence-electron chi connectivity index (χ4n) is 1.04. The molecule has 0 bridgehead atoms. The lowest BCUT2D eigenvalue weighted by Crippen LogP contribution is -2.38. The van der Waals surface area contributed by atoms with Gasteiger partial charge in [-0.15, -0.1) is 0 Å². The van der Waals surface area contributed by atoms with E-state index >= 15 is 0 Å². The summed E-state index contributed by atoms with van der Waals surface area (Å²) in [6.45, 7) is 4.44. The molecule has 2 atom stereocenters. The van der Waals surface area contributed by atoms with E-state index in [4.69, 9.17) is 9.84 Å². The molecule has 0 radical (unpaired) electrons. The maximum atomic E-state index is 11.4. The average Bonchev–Trinajstić information content (AvgIpc) is 2.19. The Morgan fingerprint density at radius 2 is 2.27 bits per heavy atom. The van der Waals surface area contributed by atoms with Gasteiger partial charge in [-0.2, -0.15) is 11.8 Å². The number of ether oxygens (including phenoxy) is 1. The highest BCUT2D eigenvalue weighted by molar-refractivity contribution is 7.99. The van der Waals surface area contributed by atoms with Gasteiger partial charge >= 0.3 is 5.97 Å². The topological polar surface area (TPSA) is 58.6 Å². The lowest BCUT2D eigenvalue weighted by atomic mass is 10.3. The third kappa shape index (κ3) is 6.76. The predicted octanol–water partition coefficient (Wildman–Crippen LogP) is 0.642. The molecule has 90 valence electrons. The molecule has 0 aliphatic carbocycles. The number of hydrogen-bond acceptors (Lipinski definition) is 5. The van der Waals surface area contributed by atoms with E-state index in [-0.39, 0.29) is 18.6 Å². The fourth-order valence-corrected chi connectivity index (χ4v) is 2.13. The van der Waals surface area contributed by atoms with Crippen molar-refractivity contribution in [3.05, 3.63) is 0 Å². The Balaban J connectivity index is 3.83. The van der Waals surface area contributed by atoms with Gasteiger partial charge < -0.3 is 15.2 Å². The minimum Gasteiger partial charge on any atom is -0.465 e. The highest BCUT2D eigenvalue weighted by atomic mass is 32.2. The second-order valence-corrected chi connectivity index (χ2v) is 4.72. The van der Waals surface area contributed by atoms with Crippen LogP contribution in [0.15, 0.2) is 0 Å². The molecule has 0 rings (SSSR count). The predicted molar refractivity (Wildman–Crippen MR) is 63.1 cm³/mol. The molecule has 0 amide bonds. The maximum Gasteiger partial charge on any atom is 0.323 e. The van der Waals surface area contributed by atoms with Crippen LogP contribution in [-0.2, 0) is 9.53 Å². The zero-order valence-electron chi connectivity index (χ0n) is 9.66. The third-order valence-corrected chi connectivity index (χ3v) is 3.33. The zero-order valence-corrected chi connectivity index (χ0v) is 10.5. The van der Waals surface area contributed by atoms with Crippen molar-refractivity contribution in [1.29, 1.82) is 0 Å². The van der Waals surface area contributed by atoms with E-state index in [9.17, 15) is 4.79 Å². The average molecular weight is 235 g/mol. The van der Waals surface area contributed by atoms with Gasteiger partial charge in [0.15, 0.2) is 0 Å². The first-order chi connectivity index (χ1) is 7.15. The van der Waals surface area contributed by atoms with E-state index in [1.807, 2.05) is 6.92 Å². The Bertz CT molecular complexity index is 178. The summed E-state index contributed by atoms with van der Waals surface area (Å²) in [5, 5.41) is 12.0. The molecule has 0 fully saturated rings. The summed E-state index contributed by atoms with van der Waals surface area (Å²) >= 11 is 1.66. The molecule has 5 heteroatoms. The van der Waals surface area contributed by atoms with E-state index in [2.05, 4.69) is 5.32 Å². The quantitative estimate of drug-likeness (QED) is 0.605. The summed E-state index contributed by atoms with van der Waals surface area (Å²) in [6.07, 6.45) is 0.754. The van der Waals surface area contributed by atoms with Gasteiger partial charge in [0.25, 0.3) is 0 Å². The molecule has 0 aromatic heterocycles. The number of carbonyl (C=O) groups is 1. The summed E-state index contributed by atoms with van der Waals surface area (Å²) < 4.78 is 4.92. The molecule has 4 nitrogen and oxygen atoms in total. The Hall–Kier alpha value is -0.260. The number of likely N-dealkylation sites (N-methyl/N-ethyl adjacent to an activating group) is 1. The lowest BCUT2D eigenvalue weighted by Gasteiger charge is -2.16. The van der Waals surface area contributed by atoms with Crippen LogP contribution in [0.5, 0.6) is 0 Å². The van der Waals surface area contributed by atoms with Crippen LogP contribution in [0.1, 0.15) is 20.3 Å². The molecule has 0 aromatic carbocycles. The number of nitrogens with one attached hydrogen (secondary N) is 1. The van der Waals surface area contributed by atoms with Gasteiger partial charge in [-0.25, -0.2) is 0 Å². The van der Waals surface area contributed by atoms with Crippen LogP contribution in [0.4, 0.5) is 0 Å². The maximum absolute atomic E-state index is 11.4. The van der Waals surface area contributed by atoms with Crippen LogP contribution in [0.3, 0.4) is 0 Å². The minimum atomic E-state index is -0.254. The fraction of sp³-hybridized carbons (Fsp3) is 0.900. The van der Waals surface area contributed by atoms with E-state index < -0.39 is 0 Å². The largest absolute Gasteiger partial charge is 0.465 e. The molecule has 2 unspecified atom stereocenters. The van der Waals surface area contributed by atoms with Gasteiger partial charge in [0, 0.05) is 17.6 Å². The van der Waals surface area contributed by atoms with Crippen LogP contribution in [-0.4, -0.2) is 48.4 Å². The molecule has 0 aliphatic heterocycles. The van der Waals surface area contributed by atoms with Crippen molar-refractivity contribution in [1.82, 2.24) is 5.32 Å². The molecular formula is C10H21NO3S. The number of esters is 1. The van der Waals surface area contributed by atoms with E-state index in [0.717, 1.165) is 6.42 Å². The standard InChI is InChI=1S/C10H21NO3S/c1-4-14-10(13)9(11-3)7-15-8(2)5-6-12/h8-9,11-12H,4-7H2,1-3H3. The smallest absolute Gasteiger partial charge is 0.323 e. The van der Waals surface area contributed by atoms with Crippen molar-refractivity contribution < 1.29 is 14.6 Å². The Kier molecular flexibility index (Phi) is 8.85. The first-order valence-electron chi connectivity index (χ1n) is 5.22. The highest BCUT2D eigenvalue weighted by Gasteiger charge is 2.18. The highest BCUT2D eigenvalue weighted by Crippen LogP contribution is 2.15. The summed E-state index contributed by atoms with van der Waals surface area (Å²) in [7, 11) is 1.75. The number of carbonyl (C=O) groups excluding carboxylic acids is 1. The number of hydrogen-bond donors (Lipinski definition) is 2. The van der Waals surface area contributed by atoms with Crippen LogP contribution < -0.4 is 5.32 Å². The molecule has 15 heavy (non-hydrogen) atoms. The normalized spacial score (nSPS) is 14.7. The third-order valence-electron chi connectivity index (χ3n) is 2.00. The van der Waals surface area contributed by atoms with E-state index in [1.54, 1.807) is 25.7 Å². The molecule has 2 N–H and O–H groups in total. The minimum absolute atomic E-state index is 0.192. The summed E-state index contributed by atoms with van der Waals surface area (Å²) in [5.41, 5.74) is 0. The summed E-state index contributed by atoms with van der Waals surface area (Å²) in [4.78, 5) is 11.4. The van der Waals surface area contributed by atoms with Crippen LogP contribution >= 0.6 is 11.8 Å². The number of rotatable bonds is 8. The van der Waals surface area contributed by atoms with Crippen molar-refractivity contribution in [2.24, 2.45) is 0 Å². The van der Waals surface area contributed by atoms with Crippen molar-refractivity contribution >= 4 is 17.7 Å². The Morgan fingerprint density at radius 1 is 1.60 bits per heavy atom. The first kappa shape index (κ1) is 14.7. The molecule has 0 aliphatic rings. The van der Waals surface area contributed by atoms with Gasteiger partial charge in [-0.05, 0) is 20.4 Å². The lowest BCUT2D eigenvalue weighted by molar-refractivity contribution is -0.144. The Morgan fingerprint density at radius 3 is 2.73 bits per heavy atom. The van der Waals surface area contributed by atoms with Crippen LogP contribution in [0.25, 0.3) is 0 Å². The number of aliphatic hydroxyl groups is 1. The molecule has 0 aromatic rings. The summed E-state index contributed by atoms with van der Waals surface area (Å²) in [5.74, 6) is 0.472. The summed E-state index contributed by atoms with van der Waals surface area (Å²) in [6, 6.07) is -0.254. The van der Waals surface area contributed by atoms with Gasteiger partial charge in [0.05, 0.1) is 6.61 Å². The second-order valence-electron chi connectivity index (χ2n) is 3.25. The van der Waals surface area contributed by atoms with Crippen molar-refractivity contribution in [2.45, 2.75) is 31.6 Å². The molecular weight excluding hydrogens is 214 g/mol. The van der Waals surface area contributed by atoms with Crippen LogP contribution in [0, 0.1) is 0 Å². The molecule has 0 saturated carbocycles. The van der Waals surface area contributed by atoms with Gasteiger partial charge in [0.2, 0.25) is 0 Å². The monoisotopic (exact) mass is 235 g/mol. The molecule has 0 spiro atoms. The van der Waals surface area contributed by atoms with Crippen molar-refractivity contribution in [3.63, 3.8) is 0 Å². The van der Waals surface area contributed by atoms with E-state index in [0.29, 0.717) is 17.6 Å². The van der Waals surface area contributed by atoms with Gasteiger partial charge in [-0.3, -0.25) is 4.79 Å². The molecule has 0 saturated heterocycles. The van der Waals surface area contributed by atoms with Crippen LogP contribution in [0.2, 0.25) is 0 Å². The van der Waals surface area contributed by atoms with Gasteiger partial charge in [-0.1, -0.05) is 6.92 Å². The first-order valence-corrected chi connectivity index (χ1v) is 6.26. The SMILES string of the molecule is CCOC(=O)C(CSC(C)CCO)NC. The van der Waals surface area contributed by atoms with Gasteiger partial charge in [0.1, 0.15) is 6.04 Å². The van der Waals surface area contributed by atoms with E-state index in [1.165, 1.54) is 0 Å². The number of aliphatic hydroxyl groups excluding tert-OH is 1. The van der Waals surface area contributed by atoms with Crippen molar-refractivity contribution in [2.75, 3.05) is 26.0 Å². The zero-order chi connectivity index (χ0) is 11.7. The molecule has 0 heterocycles. The Labute approximate surface area is 95.8 Å². The second kappa shape index (κ2) is 9.00. The van der Waals surface area contributed by atoms with Crippen molar-refractivity contribution in [3.8, 4) is 0 Å². The number of thioether (sulfide) groups is 1.